The van der Waals surface area contributed by atoms with Crippen LogP contribution < -0.4 is 10.9 Å². The van der Waals surface area contributed by atoms with E-state index in [-0.39, 0.29) is 5.91 Å². The van der Waals surface area contributed by atoms with Crippen LogP contribution in [0.4, 0.5) is 0 Å². The summed E-state index contributed by atoms with van der Waals surface area (Å²) in [6.07, 6.45) is 1.74. The fourth-order valence-corrected chi connectivity index (χ4v) is 3.03. The maximum Gasteiger partial charge on any atom is 0.273 e. The van der Waals surface area contributed by atoms with Crippen LogP contribution in [0.2, 0.25) is 0 Å². The number of furan rings is 1. The molecule has 7 heteroatoms. The van der Waals surface area contributed by atoms with E-state index in [4.69, 9.17) is 4.42 Å². The van der Waals surface area contributed by atoms with Gasteiger partial charge in [0.1, 0.15) is 11.5 Å². The van der Waals surface area contributed by atoms with E-state index in [1.54, 1.807) is 32.2 Å². The van der Waals surface area contributed by atoms with Crippen LogP contribution in [-0.4, -0.2) is 21.4 Å². The quantitative estimate of drug-likeness (QED) is 0.695. The van der Waals surface area contributed by atoms with Crippen molar-refractivity contribution in [3.8, 4) is 0 Å². The van der Waals surface area contributed by atoms with Crippen LogP contribution in [-0.2, 0) is 6.54 Å². The molecule has 0 aliphatic rings. The molecule has 0 radical (unpaired) electrons. The zero-order valence-corrected chi connectivity index (χ0v) is 15.8. The fraction of sp³-hybridized carbons (Fsp3) is 0.250. The molecular weight excluding hydrogens is 344 g/mol. The molecule has 2 amide bonds. The molecule has 0 aliphatic carbocycles. The second-order valence-corrected chi connectivity index (χ2v) is 6.43. The number of nitrogens with one attached hydrogen (secondary N) is 2. The van der Waals surface area contributed by atoms with Crippen LogP contribution in [0, 0.1) is 27.7 Å². The van der Waals surface area contributed by atoms with Crippen molar-refractivity contribution in [3.05, 3.63) is 76.3 Å². The predicted molar refractivity (Wildman–Crippen MR) is 100 cm³/mol. The van der Waals surface area contributed by atoms with Crippen LogP contribution in [0.5, 0.6) is 0 Å². The van der Waals surface area contributed by atoms with Crippen LogP contribution in [0.25, 0.3) is 0 Å². The van der Waals surface area contributed by atoms with E-state index in [9.17, 15) is 9.59 Å². The summed E-state index contributed by atoms with van der Waals surface area (Å²) in [5.41, 5.74) is 8.46. The van der Waals surface area contributed by atoms with Gasteiger partial charge in [-0.1, -0.05) is 6.07 Å². The van der Waals surface area contributed by atoms with Crippen molar-refractivity contribution in [2.24, 2.45) is 0 Å². The molecule has 3 aromatic rings. The summed E-state index contributed by atoms with van der Waals surface area (Å²) in [6.45, 7) is 7.85. The van der Waals surface area contributed by atoms with E-state index in [0.717, 1.165) is 17.1 Å². The monoisotopic (exact) mass is 366 g/mol. The highest BCUT2D eigenvalue weighted by atomic mass is 16.3. The SMILES string of the molecule is Cc1cc(C(=O)NNC(=O)c2cc(C)n(Cc3ccccn3)c2C)c(C)o1. The molecule has 0 aliphatic heterocycles. The number of carbonyl (C=O) groups excluding carboxylic acids is 2. The number of hydrazine groups is 1. The molecule has 0 bridgehead atoms. The van der Waals surface area contributed by atoms with E-state index in [2.05, 4.69) is 15.8 Å². The van der Waals surface area contributed by atoms with Gasteiger partial charge in [0.25, 0.3) is 11.8 Å². The Hall–Kier alpha value is -3.35. The number of nitrogens with zero attached hydrogens (tertiary/aromatic N) is 2. The Labute approximate surface area is 157 Å². The Morgan fingerprint density at radius 1 is 1.04 bits per heavy atom. The number of pyridine rings is 1. The molecular formula is C20H22N4O3. The van der Waals surface area contributed by atoms with Crippen molar-refractivity contribution in [1.29, 1.82) is 0 Å². The highest BCUT2D eigenvalue weighted by Gasteiger charge is 2.18. The lowest BCUT2D eigenvalue weighted by Crippen LogP contribution is -2.41. The molecule has 0 unspecified atom stereocenters. The van der Waals surface area contributed by atoms with Crippen molar-refractivity contribution in [2.75, 3.05) is 0 Å². The highest BCUT2D eigenvalue weighted by molar-refractivity contribution is 6.00. The van der Waals surface area contributed by atoms with Crippen LogP contribution in [0.3, 0.4) is 0 Å². The zero-order chi connectivity index (χ0) is 19.6. The summed E-state index contributed by atoms with van der Waals surface area (Å²) in [6, 6.07) is 9.17. The smallest absolute Gasteiger partial charge is 0.273 e. The van der Waals surface area contributed by atoms with Crippen LogP contribution >= 0.6 is 0 Å². The Balaban J connectivity index is 1.71. The first kappa shape index (κ1) is 18.4. The lowest BCUT2D eigenvalue weighted by Gasteiger charge is -2.10. The Bertz CT molecular complexity index is 986. The molecule has 7 nitrogen and oxygen atoms in total. The maximum absolute atomic E-state index is 12.5. The molecule has 0 fully saturated rings. The standard InChI is InChI=1S/C20H22N4O3/c1-12-9-17(14(3)24(12)11-16-7-5-6-8-21-16)19(25)22-23-20(26)18-10-13(2)27-15(18)4/h5-10H,11H2,1-4H3,(H,22,25)(H,23,26). The van der Waals surface area contributed by atoms with Crippen molar-refractivity contribution in [1.82, 2.24) is 20.4 Å². The molecule has 3 aromatic heterocycles. The second kappa shape index (κ2) is 7.49. The predicted octanol–water partition coefficient (Wildman–Crippen LogP) is 2.83. The van der Waals surface area contributed by atoms with Gasteiger partial charge in [0.05, 0.1) is 23.4 Å². The average Bonchev–Trinajstić information content (AvgIpc) is 3.13. The molecule has 3 heterocycles. The topological polar surface area (TPSA) is 89.2 Å². The van der Waals surface area contributed by atoms with Gasteiger partial charge in [0, 0.05) is 17.6 Å². The molecule has 3 rings (SSSR count). The summed E-state index contributed by atoms with van der Waals surface area (Å²) in [7, 11) is 0. The van der Waals surface area contributed by atoms with Crippen molar-refractivity contribution < 1.29 is 14.0 Å². The summed E-state index contributed by atoms with van der Waals surface area (Å²) >= 11 is 0. The van der Waals surface area contributed by atoms with E-state index >= 15 is 0 Å². The summed E-state index contributed by atoms with van der Waals surface area (Å²) in [5, 5.41) is 0. The van der Waals surface area contributed by atoms with Gasteiger partial charge >= 0.3 is 0 Å². The van der Waals surface area contributed by atoms with Gasteiger partial charge in [-0.05, 0) is 52.0 Å². The third kappa shape index (κ3) is 3.92. The normalized spacial score (nSPS) is 10.7. The first-order valence-corrected chi connectivity index (χ1v) is 8.61. The molecule has 27 heavy (non-hydrogen) atoms. The zero-order valence-electron chi connectivity index (χ0n) is 15.8. The third-order valence-corrected chi connectivity index (χ3v) is 4.44. The lowest BCUT2D eigenvalue weighted by atomic mass is 10.2. The largest absolute Gasteiger partial charge is 0.466 e. The highest BCUT2D eigenvalue weighted by Crippen LogP contribution is 2.17. The summed E-state index contributed by atoms with van der Waals surface area (Å²) < 4.78 is 7.36. The number of carbonyl (C=O) groups is 2. The van der Waals surface area contributed by atoms with Gasteiger partial charge in [-0.2, -0.15) is 0 Å². The molecule has 0 saturated carbocycles. The number of aromatic nitrogens is 2. The van der Waals surface area contributed by atoms with Crippen LogP contribution in [0.1, 0.15) is 49.3 Å². The van der Waals surface area contributed by atoms with E-state index in [1.165, 1.54) is 0 Å². The van der Waals surface area contributed by atoms with Gasteiger partial charge in [0.2, 0.25) is 0 Å². The van der Waals surface area contributed by atoms with Crippen molar-refractivity contribution in [3.63, 3.8) is 0 Å². The Kier molecular flexibility index (Phi) is 5.12. The minimum Gasteiger partial charge on any atom is -0.466 e. The first-order valence-electron chi connectivity index (χ1n) is 8.61. The van der Waals surface area contributed by atoms with E-state index in [1.807, 2.05) is 36.6 Å². The lowest BCUT2D eigenvalue weighted by molar-refractivity contribution is 0.0845. The average molecular weight is 366 g/mol. The van der Waals surface area contributed by atoms with Gasteiger partial charge in [-0.3, -0.25) is 25.4 Å². The number of hydrogen-bond acceptors (Lipinski definition) is 4. The number of rotatable bonds is 4. The Morgan fingerprint density at radius 2 is 1.74 bits per heavy atom. The minimum absolute atomic E-state index is 0.374. The van der Waals surface area contributed by atoms with E-state index in [0.29, 0.717) is 29.2 Å². The summed E-state index contributed by atoms with van der Waals surface area (Å²) in [4.78, 5) is 29.1. The van der Waals surface area contributed by atoms with Crippen molar-refractivity contribution in [2.45, 2.75) is 34.2 Å². The van der Waals surface area contributed by atoms with Gasteiger partial charge in [-0.25, -0.2) is 0 Å². The minimum atomic E-state index is -0.417. The molecule has 0 spiro atoms. The Morgan fingerprint density at radius 3 is 2.33 bits per heavy atom. The number of aryl methyl sites for hydroxylation is 3. The summed E-state index contributed by atoms with van der Waals surface area (Å²) in [5.74, 6) is 0.358. The van der Waals surface area contributed by atoms with Crippen molar-refractivity contribution >= 4 is 11.8 Å². The third-order valence-electron chi connectivity index (χ3n) is 4.44. The van der Waals surface area contributed by atoms with Gasteiger partial charge in [-0.15, -0.1) is 0 Å². The molecule has 0 saturated heterocycles. The van der Waals surface area contributed by atoms with Gasteiger partial charge in [0.15, 0.2) is 0 Å². The second-order valence-electron chi connectivity index (χ2n) is 6.43. The number of hydrogen-bond donors (Lipinski definition) is 2. The molecule has 0 aromatic carbocycles. The van der Waals surface area contributed by atoms with E-state index < -0.39 is 5.91 Å². The molecule has 0 atom stereocenters. The van der Waals surface area contributed by atoms with Gasteiger partial charge < -0.3 is 8.98 Å². The van der Waals surface area contributed by atoms with Crippen LogP contribution in [0.15, 0.2) is 40.9 Å². The number of amides is 2. The maximum atomic E-state index is 12.5. The first-order chi connectivity index (χ1) is 12.9. The molecule has 140 valence electrons. The molecule has 2 N–H and O–H groups in total. The fourth-order valence-electron chi connectivity index (χ4n) is 3.03.